The van der Waals surface area contributed by atoms with E-state index in [-0.39, 0.29) is 34.4 Å². The molecule has 0 saturated carbocycles. The topological polar surface area (TPSA) is 23.1 Å². The monoisotopic (exact) mass is 820 g/mol. The van der Waals surface area contributed by atoms with Crippen LogP contribution in [-0.2, 0) is 47.0 Å². The molecule has 0 aliphatic rings. The van der Waals surface area contributed by atoms with Crippen LogP contribution in [0.3, 0.4) is 0 Å². The molecule has 0 atom stereocenters. The largest absolute Gasteiger partial charge is 1.00 e. The van der Waals surface area contributed by atoms with Gasteiger partial charge in [0.25, 0.3) is 0 Å². The molecule has 4 heteroatoms. The van der Waals surface area contributed by atoms with E-state index in [0.29, 0.717) is 0 Å². The summed E-state index contributed by atoms with van der Waals surface area (Å²) in [6.07, 6.45) is 2.36. The van der Waals surface area contributed by atoms with Crippen molar-refractivity contribution in [2.45, 2.75) is 113 Å². The van der Waals surface area contributed by atoms with E-state index in [4.69, 9.17) is 0 Å². The van der Waals surface area contributed by atoms with E-state index >= 15 is 0 Å². The second-order valence-electron chi connectivity index (χ2n) is 17.4. The predicted octanol–water partition coefficient (Wildman–Crippen LogP) is 9.55. The summed E-state index contributed by atoms with van der Waals surface area (Å²) in [5.41, 5.74) is 7.69. The van der Waals surface area contributed by atoms with Crippen molar-refractivity contribution in [2.75, 3.05) is 0 Å². The normalized spacial score (nSPS) is 11.3. The van der Waals surface area contributed by atoms with Gasteiger partial charge in [-0.1, -0.05) is 118 Å². The SMILES string of the molecule is CC(C)(C)c1ccc([O-])c(C(C)(C)C)c1.C[Si](=[Zr+2])c1ccccc1.Cc1cc2cc(CC(C)C)ccc2[cH-]1.Cc1cc2cc(CC(C)C)ccc2[cH-]1.[Cl-]. The van der Waals surface area contributed by atoms with Crippen LogP contribution in [0.2, 0.25) is 6.55 Å². The molecule has 6 aromatic carbocycles. The van der Waals surface area contributed by atoms with E-state index in [0.717, 1.165) is 17.4 Å². The van der Waals surface area contributed by atoms with E-state index in [1.54, 1.807) is 34.6 Å². The molecule has 0 amide bonds. The van der Waals surface area contributed by atoms with Gasteiger partial charge < -0.3 is 17.5 Å². The maximum absolute atomic E-state index is 11.7. The molecule has 1 nitrogen and oxygen atoms in total. The maximum Gasteiger partial charge on any atom is -0.0271 e. The van der Waals surface area contributed by atoms with Crippen molar-refractivity contribution in [1.29, 1.82) is 0 Å². The Morgan fingerprint density at radius 1 is 0.623 bits per heavy atom. The quantitative estimate of drug-likeness (QED) is 0.126. The second-order valence-corrected chi connectivity index (χ2v) is 24.7. The van der Waals surface area contributed by atoms with Gasteiger partial charge in [0, 0.05) is 0 Å². The molecule has 0 N–H and O–H groups in total. The minimum Gasteiger partial charge on any atom is -1.00 e. The van der Waals surface area contributed by atoms with Crippen molar-refractivity contribution in [3.05, 3.63) is 143 Å². The zero-order chi connectivity index (χ0) is 38.8. The fraction of sp³-hybridized carbons (Fsp3) is 0.388. The van der Waals surface area contributed by atoms with Gasteiger partial charge in [0.2, 0.25) is 0 Å². The van der Waals surface area contributed by atoms with Crippen LogP contribution in [0.4, 0.5) is 0 Å². The van der Waals surface area contributed by atoms with Crippen LogP contribution in [-0.4, -0.2) is 5.43 Å². The van der Waals surface area contributed by atoms with Crippen LogP contribution < -0.4 is 22.7 Å². The van der Waals surface area contributed by atoms with Crippen molar-refractivity contribution >= 4 is 32.2 Å². The van der Waals surface area contributed by atoms with Crippen LogP contribution in [0.25, 0.3) is 21.5 Å². The number of benzene rings is 4. The van der Waals surface area contributed by atoms with Crippen molar-refractivity contribution in [1.82, 2.24) is 0 Å². The Morgan fingerprint density at radius 2 is 1.08 bits per heavy atom. The molecule has 0 aliphatic heterocycles. The minimum absolute atomic E-state index is 0. The van der Waals surface area contributed by atoms with Gasteiger partial charge in [-0.15, -0.1) is 87.0 Å². The molecule has 0 saturated heterocycles. The molecule has 0 aromatic heterocycles. The summed E-state index contributed by atoms with van der Waals surface area (Å²) in [5, 5.41) is 18.8. The molecule has 0 fully saturated rings. The Kier molecular flexibility index (Phi) is 18.3. The maximum atomic E-state index is 11.7. The summed E-state index contributed by atoms with van der Waals surface area (Å²) in [7, 11) is 0. The van der Waals surface area contributed by atoms with Crippen molar-refractivity contribution < 1.29 is 40.8 Å². The number of aryl methyl sites for hydroxylation is 2. The van der Waals surface area contributed by atoms with Gasteiger partial charge >= 0.3 is 70.8 Å². The van der Waals surface area contributed by atoms with Crippen molar-refractivity contribution in [3.8, 4) is 5.75 Å². The van der Waals surface area contributed by atoms with Crippen LogP contribution in [0.5, 0.6) is 5.75 Å². The number of fused-ring (bicyclic) bond motifs is 2. The third kappa shape index (κ3) is 15.5. The van der Waals surface area contributed by atoms with Crippen LogP contribution in [0, 0.1) is 25.7 Å². The Morgan fingerprint density at radius 3 is 1.43 bits per heavy atom. The Hall–Kier alpha value is -2.71. The fourth-order valence-electron chi connectivity index (χ4n) is 6.29. The van der Waals surface area contributed by atoms with Gasteiger partial charge in [-0.25, -0.2) is 0 Å². The van der Waals surface area contributed by atoms with E-state index < -0.39 is 0 Å². The zero-order valence-electron chi connectivity index (χ0n) is 34.7. The smallest absolute Gasteiger partial charge is 0.0271 e. The standard InChI is InChI=1S/C14H22O.2C14H17.C7H8Si.ClH.Zr/c1-13(2,3)10-7-8-12(15)11(9-10)14(4,5)6;2*1-10(2)6-12-4-5-13-7-11(3)8-14(13)9-12;1-8-7-5-3-2-4-6-7;;/h7-9,15H,1-6H3;2*4-5,7-10H,6H2,1-3H3;2-6H,1H3;1H;/q;2*-1;;;+2/p-2. The first-order valence-corrected chi connectivity index (χ1v) is 24.7. The average molecular weight is 823 g/mol. The molecule has 0 bridgehead atoms. The molecule has 6 aromatic rings. The molecule has 53 heavy (non-hydrogen) atoms. The number of halogens is 1. The molecular formula is C49H63ClOSiZr-2. The van der Waals surface area contributed by atoms with E-state index in [9.17, 15) is 5.11 Å². The molecule has 0 spiro atoms. The molecule has 0 aliphatic carbocycles. The number of rotatable bonds is 5. The Balaban J connectivity index is 0.000000246. The minimum atomic E-state index is -0.122. The molecule has 282 valence electrons. The molecule has 0 unspecified atom stereocenters. The summed E-state index contributed by atoms with van der Waals surface area (Å²) in [6, 6.07) is 39.1. The summed E-state index contributed by atoms with van der Waals surface area (Å²) < 4.78 is 0. The zero-order valence-corrected chi connectivity index (χ0v) is 39.0. The summed E-state index contributed by atoms with van der Waals surface area (Å²) in [6.45, 7) is 28.4. The first kappa shape index (κ1) is 46.4. The first-order chi connectivity index (χ1) is 24.2. The van der Waals surface area contributed by atoms with E-state index in [1.165, 1.54) is 62.2 Å². The average Bonchev–Trinajstić information content (AvgIpc) is 3.60. The van der Waals surface area contributed by atoms with Gasteiger partial charge in [0.1, 0.15) is 0 Å². The third-order valence-corrected chi connectivity index (χ3v) is 12.3. The van der Waals surface area contributed by atoms with Gasteiger partial charge in [-0.05, 0) is 41.1 Å². The molecule has 0 heterocycles. The molecular weight excluding hydrogens is 759 g/mol. The summed E-state index contributed by atoms with van der Waals surface area (Å²) in [5.74, 6) is 1.63. The van der Waals surface area contributed by atoms with Gasteiger partial charge in [0.15, 0.2) is 0 Å². The van der Waals surface area contributed by atoms with Gasteiger partial charge in [-0.2, -0.15) is 12.1 Å². The van der Waals surface area contributed by atoms with Crippen LogP contribution in [0.1, 0.15) is 103 Å². The van der Waals surface area contributed by atoms with E-state index in [1.807, 2.05) is 6.07 Å². The molecule has 0 radical (unpaired) electrons. The Bertz CT molecular complexity index is 1930. The first-order valence-electron chi connectivity index (χ1n) is 19.0. The summed E-state index contributed by atoms with van der Waals surface area (Å²) >= 11 is 1.69. The fourth-order valence-corrected chi connectivity index (χ4v) is 8.21. The van der Waals surface area contributed by atoms with Crippen LogP contribution >= 0.6 is 0 Å². The number of hydrogen-bond donors (Lipinski definition) is 0. The second kappa shape index (κ2) is 20.8. The van der Waals surface area contributed by atoms with Gasteiger partial charge in [0.05, 0.1) is 0 Å². The van der Waals surface area contributed by atoms with Crippen molar-refractivity contribution in [2.24, 2.45) is 11.8 Å². The van der Waals surface area contributed by atoms with E-state index in [2.05, 4.69) is 187 Å². The Labute approximate surface area is 344 Å². The van der Waals surface area contributed by atoms with Crippen molar-refractivity contribution in [3.63, 3.8) is 0 Å². The third-order valence-electron chi connectivity index (χ3n) is 8.98. The summed E-state index contributed by atoms with van der Waals surface area (Å²) in [4.78, 5) is 0. The predicted molar refractivity (Wildman–Crippen MR) is 227 cm³/mol. The van der Waals surface area contributed by atoms with Gasteiger partial charge in [-0.3, -0.25) is 0 Å². The molecule has 6 rings (SSSR count). The van der Waals surface area contributed by atoms with Crippen LogP contribution in [0.15, 0.2) is 109 Å². The number of hydrogen-bond acceptors (Lipinski definition) is 1.